The molecule has 1 heteroatoms. The molecule has 0 unspecified atom stereocenters. The number of hydrogen-bond acceptors (Lipinski definition) is 1. The van der Waals surface area contributed by atoms with Gasteiger partial charge in [-0.2, -0.15) is 0 Å². The highest BCUT2D eigenvalue weighted by Crippen LogP contribution is 2.39. The van der Waals surface area contributed by atoms with Crippen LogP contribution >= 0.6 is 11.3 Å². The molecule has 0 aliphatic carbocycles. The van der Waals surface area contributed by atoms with Gasteiger partial charge >= 0.3 is 0 Å². The van der Waals surface area contributed by atoms with Gasteiger partial charge in [0.1, 0.15) is 0 Å². The minimum atomic E-state index is 1.01. The summed E-state index contributed by atoms with van der Waals surface area (Å²) in [5, 5.41) is 2.68. The summed E-state index contributed by atoms with van der Waals surface area (Å²) in [7, 11) is 0. The summed E-state index contributed by atoms with van der Waals surface area (Å²) in [5.74, 6) is 0. The molecule has 0 saturated heterocycles. The highest BCUT2D eigenvalue weighted by molar-refractivity contribution is 7.25. The van der Waals surface area contributed by atoms with E-state index in [1.54, 1.807) is 0 Å². The van der Waals surface area contributed by atoms with Gasteiger partial charge in [0.25, 0.3) is 0 Å². The van der Waals surface area contributed by atoms with E-state index < -0.39 is 0 Å². The van der Waals surface area contributed by atoms with Crippen LogP contribution in [0.4, 0.5) is 0 Å². The fourth-order valence-electron chi connectivity index (χ4n) is 4.46. The van der Waals surface area contributed by atoms with Crippen LogP contribution in [-0.4, -0.2) is 0 Å². The minimum absolute atomic E-state index is 1.01. The molecule has 4 rings (SSSR count). The number of fused-ring (bicyclic) bond motifs is 3. The number of allylic oxidation sites excluding steroid dienone is 3. The summed E-state index contributed by atoms with van der Waals surface area (Å²) in [6, 6.07) is 20.2. The van der Waals surface area contributed by atoms with Crippen LogP contribution in [0.25, 0.3) is 44.0 Å². The van der Waals surface area contributed by atoms with E-state index in [1.165, 1.54) is 59.1 Å². The molecule has 0 atom stereocenters. The summed E-state index contributed by atoms with van der Waals surface area (Å²) < 4.78 is 2.68. The molecule has 0 fully saturated rings. The lowest BCUT2D eigenvalue weighted by atomic mass is 9.85. The molecular formula is C31H30S. The van der Waals surface area contributed by atoms with Gasteiger partial charge in [0.15, 0.2) is 0 Å². The minimum Gasteiger partial charge on any atom is -0.135 e. The topological polar surface area (TPSA) is 0 Å². The number of rotatable bonds is 6. The van der Waals surface area contributed by atoms with E-state index in [1.807, 2.05) is 17.4 Å². The molecule has 0 aliphatic heterocycles. The monoisotopic (exact) mass is 434 g/mol. The van der Waals surface area contributed by atoms with Gasteiger partial charge in [-0.1, -0.05) is 85.9 Å². The Hall–Kier alpha value is -3.16. The van der Waals surface area contributed by atoms with Crippen molar-refractivity contribution in [3.05, 3.63) is 107 Å². The van der Waals surface area contributed by atoms with Crippen LogP contribution in [0, 0.1) is 0 Å². The molecule has 0 radical (unpaired) electrons. The fraction of sp³-hybridized carbons (Fsp3) is 0.161. The Labute approximate surface area is 195 Å². The molecule has 0 aliphatic rings. The molecule has 1 aromatic heterocycles. The number of thiophene rings is 1. The average molecular weight is 435 g/mol. The first kappa shape index (κ1) is 22.0. The number of hydrogen-bond donors (Lipinski definition) is 0. The zero-order valence-electron chi connectivity index (χ0n) is 19.4. The van der Waals surface area contributed by atoms with E-state index in [9.17, 15) is 0 Å². The third-order valence-corrected chi connectivity index (χ3v) is 7.25. The summed E-state index contributed by atoms with van der Waals surface area (Å²) in [5.41, 5.74) is 8.88. The van der Waals surface area contributed by atoms with Crippen LogP contribution in [0.5, 0.6) is 0 Å². The van der Waals surface area contributed by atoms with E-state index in [0.717, 1.165) is 6.42 Å². The van der Waals surface area contributed by atoms with Gasteiger partial charge in [-0.3, -0.25) is 0 Å². The molecule has 0 N–H and O–H groups in total. The summed E-state index contributed by atoms with van der Waals surface area (Å²) in [6.07, 6.45) is 11.6. The lowest BCUT2D eigenvalue weighted by molar-refractivity contribution is 1.10. The zero-order chi connectivity index (χ0) is 22.7. The van der Waals surface area contributed by atoms with Crippen molar-refractivity contribution < 1.29 is 0 Å². The molecule has 4 aromatic rings. The highest BCUT2D eigenvalue weighted by Gasteiger charge is 2.16. The molecule has 0 nitrogen and oxygen atoms in total. The molecule has 0 bridgehead atoms. The number of benzene rings is 3. The zero-order valence-corrected chi connectivity index (χ0v) is 20.2. The molecule has 0 amide bonds. The highest BCUT2D eigenvalue weighted by atomic mass is 32.1. The summed E-state index contributed by atoms with van der Waals surface area (Å²) >= 11 is 1.87. The molecular weight excluding hydrogens is 404 g/mol. The first-order valence-corrected chi connectivity index (χ1v) is 12.1. The maximum absolute atomic E-state index is 4.14. The molecule has 0 saturated carbocycles. The first-order chi connectivity index (χ1) is 15.6. The van der Waals surface area contributed by atoms with Crippen molar-refractivity contribution in [2.45, 2.75) is 34.1 Å². The Bertz CT molecular complexity index is 1390. The first-order valence-electron chi connectivity index (χ1n) is 11.3. The molecule has 1 heterocycles. The van der Waals surface area contributed by atoms with Gasteiger partial charge in [0, 0.05) is 20.2 Å². The van der Waals surface area contributed by atoms with E-state index in [2.05, 4.69) is 113 Å². The maximum Gasteiger partial charge on any atom is 0.0355 e. The van der Waals surface area contributed by atoms with Crippen LogP contribution < -0.4 is 0 Å². The summed E-state index contributed by atoms with van der Waals surface area (Å²) in [4.78, 5) is 0. The van der Waals surface area contributed by atoms with Crippen molar-refractivity contribution in [3.63, 3.8) is 0 Å². The summed E-state index contributed by atoms with van der Waals surface area (Å²) in [6.45, 7) is 12.8. The van der Waals surface area contributed by atoms with E-state index in [-0.39, 0.29) is 0 Å². The Morgan fingerprint density at radius 3 is 2.34 bits per heavy atom. The Morgan fingerprint density at radius 1 is 0.875 bits per heavy atom. The van der Waals surface area contributed by atoms with Crippen molar-refractivity contribution in [2.75, 3.05) is 0 Å². The van der Waals surface area contributed by atoms with Gasteiger partial charge in [-0.25, -0.2) is 0 Å². The van der Waals surface area contributed by atoms with Crippen molar-refractivity contribution >= 4 is 55.3 Å². The third kappa shape index (κ3) is 3.89. The molecule has 3 aromatic carbocycles. The van der Waals surface area contributed by atoms with Crippen LogP contribution in [0.15, 0.2) is 78.9 Å². The van der Waals surface area contributed by atoms with Crippen molar-refractivity contribution in [1.82, 2.24) is 0 Å². The second-order valence-electron chi connectivity index (χ2n) is 8.05. The largest absolute Gasteiger partial charge is 0.135 e. The predicted molar refractivity (Wildman–Crippen MR) is 147 cm³/mol. The molecule has 0 spiro atoms. The van der Waals surface area contributed by atoms with Crippen LogP contribution in [0.1, 0.15) is 61.9 Å². The van der Waals surface area contributed by atoms with Gasteiger partial charge in [0.2, 0.25) is 0 Å². The Balaban J connectivity index is 2.03. The molecule has 160 valence electrons. The van der Waals surface area contributed by atoms with Crippen LogP contribution in [0.3, 0.4) is 0 Å². The SMILES string of the molecule is C=Cc1c(/C=C\C)ccc(/C(=C(/C)CC)c2ccc3sc4ccccc4c3c2)c1/C=C\C. The normalized spacial score (nSPS) is 12.9. The predicted octanol–water partition coefficient (Wildman–Crippen LogP) is 10.00. The van der Waals surface area contributed by atoms with Gasteiger partial charge in [-0.05, 0) is 78.8 Å². The fourth-order valence-corrected chi connectivity index (χ4v) is 5.55. The van der Waals surface area contributed by atoms with Gasteiger partial charge in [-0.15, -0.1) is 11.3 Å². The maximum atomic E-state index is 4.14. The van der Waals surface area contributed by atoms with Gasteiger partial charge < -0.3 is 0 Å². The smallest absolute Gasteiger partial charge is 0.0355 e. The van der Waals surface area contributed by atoms with Crippen molar-refractivity contribution in [3.8, 4) is 0 Å². The average Bonchev–Trinajstić information content (AvgIpc) is 3.19. The van der Waals surface area contributed by atoms with E-state index in [4.69, 9.17) is 0 Å². The lowest BCUT2D eigenvalue weighted by Crippen LogP contribution is -1.99. The molecule has 32 heavy (non-hydrogen) atoms. The quantitative estimate of drug-likeness (QED) is 0.283. The second kappa shape index (κ2) is 9.54. The Kier molecular flexibility index (Phi) is 6.58. The van der Waals surface area contributed by atoms with Crippen molar-refractivity contribution in [2.24, 2.45) is 0 Å². The van der Waals surface area contributed by atoms with Crippen LogP contribution in [-0.2, 0) is 0 Å². The standard InChI is InChI=1S/C31H30S/c1-6-12-22-16-18-27(25(13-7-2)24(22)9-4)31(21(5)8-3)23-17-19-30-28(20-23)26-14-10-11-15-29(26)32-30/h6-7,9-20H,4,8H2,1-3,5H3/b12-6-,13-7-,31-21-. The third-order valence-electron chi connectivity index (χ3n) is 6.10. The van der Waals surface area contributed by atoms with E-state index in [0.29, 0.717) is 0 Å². The Morgan fingerprint density at radius 2 is 1.62 bits per heavy atom. The van der Waals surface area contributed by atoms with Gasteiger partial charge in [0.05, 0.1) is 0 Å². The second-order valence-corrected chi connectivity index (χ2v) is 9.14. The lowest BCUT2D eigenvalue weighted by Gasteiger charge is -2.19. The van der Waals surface area contributed by atoms with Crippen LogP contribution in [0.2, 0.25) is 0 Å². The van der Waals surface area contributed by atoms with E-state index >= 15 is 0 Å². The van der Waals surface area contributed by atoms with Crippen molar-refractivity contribution in [1.29, 1.82) is 0 Å².